The number of thiazole rings is 1. The summed E-state index contributed by atoms with van der Waals surface area (Å²) in [5, 5.41) is 10.9. The Morgan fingerprint density at radius 1 is 1.15 bits per heavy atom. The van der Waals surface area contributed by atoms with Gasteiger partial charge in [0.15, 0.2) is 4.80 Å². The second-order valence-electron chi connectivity index (χ2n) is 7.20. The van der Waals surface area contributed by atoms with Crippen molar-refractivity contribution in [2.75, 3.05) is 14.2 Å². The van der Waals surface area contributed by atoms with E-state index < -0.39 is 16.9 Å². The van der Waals surface area contributed by atoms with Crippen molar-refractivity contribution in [2.45, 2.75) is 13.0 Å². The summed E-state index contributed by atoms with van der Waals surface area (Å²) in [6.45, 7) is 1.70. The monoisotopic (exact) mass is 465 g/mol. The Morgan fingerprint density at radius 3 is 2.39 bits per heavy atom. The van der Waals surface area contributed by atoms with Gasteiger partial charge in [-0.15, -0.1) is 0 Å². The third-order valence-electron chi connectivity index (χ3n) is 5.26. The van der Waals surface area contributed by atoms with E-state index in [0.717, 1.165) is 0 Å². The molecule has 1 aromatic heterocycles. The van der Waals surface area contributed by atoms with Gasteiger partial charge < -0.3 is 9.47 Å². The standard InChI is InChI=1S/C23H19N3O6S/c1-13-19(22(28)32-3)20(15-6-10-17(31-2)11-7-15)25-21(27)18(33-23(25)24-13)12-14-4-8-16(9-5-14)26(29)30/h4-12,20H,1-3H3/b18-12-. The summed E-state index contributed by atoms with van der Waals surface area (Å²) in [7, 11) is 2.84. The number of aromatic nitrogens is 1. The molecule has 2 aromatic carbocycles. The molecule has 168 valence electrons. The average Bonchev–Trinajstić information content (AvgIpc) is 3.12. The SMILES string of the molecule is COC(=O)C1=C(C)N=c2s/c(=C\c3ccc([N+](=O)[O-])cc3)c(=O)n2C1c1ccc(OC)cc1. The largest absolute Gasteiger partial charge is 0.497 e. The van der Waals surface area contributed by atoms with Crippen LogP contribution in [0.15, 0.2) is 69.6 Å². The predicted octanol–water partition coefficient (Wildman–Crippen LogP) is 2.33. The van der Waals surface area contributed by atoms with Crippen LogP contribution in [0.3, 0.4) is 0 Å². The number of hydrogen-bond acceptors (Lipinski definition) is 8. The van der Waals surface area contributed by atoms with E-state index in [1.54, 1.807) is 56.5 Å². The molecule has 1 aliphatic rings. The molecule has 0 aliphatic carbocycles. The predicted molar refractivity (Wildman–Crippen MR) is 122 cm³/mol. The van der Waals surface area contributed by atoms with Gasteiger partial charge >= 0.3 is 5.97 Å². The van der Waals surface area contributed by atoms with Crippen LogP contribution in [-0.2, 0) is 9.53 Å². The minimum atomic E-state index is -0.724. The van der Waals surface area contributed by atoms with Gasteiger partial charge in [0.1, 0.15) is 5.75 Å². The molecule has 0 N–H and O–H groups in total. The van der Waals surface area contributed by atoms with Crippen LogP contribution in [0.5, 0.6) is 5.75 Å². The van der Waals surface area contributed by atoms with Crippen molar-refractivity contribution in [3.8, 4) is 5.75 Å². The van der Waals surface area contributed by atoms with Crippen LogP contribution >= 0.6 is 11.3 Å². The highest BCUT2D eigenvalue weighted by molar-refractivity contribution is 7.07. The molecule has 0 amide bonds. The summed E-state index contributed by atoms with van der Waals surface area (Å²) in [6, 6.07) is 12.3. The zero-order chi connectivity index (χ0) is 23.7. The second-order valence-corrected chi connectivity index (χ2v) is 8.20. The Morgan fingerprint density at radius 2 is 1.82 bits per heavy atom. The molecule has 0 fully saturated rings. The highest BCUT2D eigenvalue weighted by atomic mass is 32.1. The number of allylic oxidation sites excluding steroid dienone is 1. The maximum Gasteiger partial charge on any atom is 0.338 e. The lowest BCUT2D eigenvalue weighted by atomic mass is 9.96. The van der Waals surface area contributed by atoms with E-state index in [4.69, 9.17) is 9.47 Å². The zero-order valence-corrected chi connectivity index (χ0v) is 18.8. The molecule has 0 bridgehead atoms. The summed E-state index contributed by atoms with van der Waals surface area (Å²) in [5.74, 6) is 0.0753. The van der Waals surface area contributed by atoms with Crippen LogP contribution < -0.4 is 19.6 Å². The number of esters is 1. The number of nitrogens with zero attached hydrogens (tertiary/aromatic N) is 3. The van der Waals surface area contributed by atoms with E-state index in [1.165, 1.54) is 35.1 Å². The van der Waals surface area contributed by atoms with Crippen molar-refractivity contribution in [3.05, 3.63) is 101 Å². The molecule has 0 spiro atoms. The Kier molecular flexibility index (Phi) is 5.93. The van der Waals surface area contributed by atoms with Crippen LogP contribution in [-0.4, -0.2) is 29.7 Å². The van der Waals surface area contributed by atoms with Gasteiger partial charge in [-0.25, -0.2) is 9.79 Å². The van der Waals surface area contributed by atoms with Crippen LogP contribution in [0.1, 0.15) is 24.1 Å². The summed E-state index contributed by atoms with van der Waals surface area (Å²) in [4.78, 5) is 41.4. The third kappa shape index (κ3) is 4.08. The van der Waals surface area contributed by atoms with E-state index in [1.807, 2.05) is 0 Å². The minimum Gasteiger partial charge on any atom is -0.497 e. The third-order valence-corrected chi connectivity index (χ3v) is 6.24. The van der Waals surface area contributed by atoms with E-state index >= 15 is 0 Å². The molecular formula is C23H19N3O6S. The first-order chi connectivity index (χ1) is 15.8. The molecule has 1 atom stereocenters. The van der Waals surface area contributed by atoms with Gasteiger partial charge in [0, 0.05) is 12.1 Å². The van der Waals surface area contributed by atoms with Crippen molar-refractivity contribution in [1.82, 2.24) is 4.57 Å². The van der Waals surface area contributed by atoms with Crippen LogP contribution in [0, 0.1) is 10.1 Å². The first kappa shape index (κ1) is 22.2. The van der Waals surface area contributed by atoms with E-state index in [9.17, 15) is 19.7 Å². The number of nitro groups is 1. The molecule has 0 radical (unpaired) electrons. The molecule has 9 nitrogen and oxygen atoms in total. The lowest BCUT2D eigenvalue weighted by Crippen LogP contribution is -2.39. The maximum absolute atomic E-state index is 13.4. The Bertz CT molecular complexity index is 1450. The summed E-state index contributed by atoms with van der Waals surface area (Å²) < 4.78 is 12.1. The fourth-order valence-electron chi connectivity index (χ4n) is 3.64. The quantitative estimate of drug-likeness (QED) is 0.325. The number of hydrogen-bond donors (Lipinski definition) is 0. The van der Waals surface area contributed by atoms with Gasteiger partial charge in [-0.05, 0) is 48.4 Å². The summed E-state index contributed by atoms with van der Waals surface area (Å²) in [5.41, 5.74) is 1.71. The fourth-order valence-corrected chi connectivity index (χ4v) is 4.68. The fraction of sp³-hybridized carbons (Fsp3) is 0.174. The first-order valence-corrected chi connectivity index (χ1v) is 10.6. The molecule has 4 rings (SSSR count). The number of ether oxygens (including phenoxy) is 2. The maximum atomic E-state index is 13.4. The molecule has 2 heterocycles. The van der Waals surface area contributed by atoms with E-state index in [2.05, 4.69) is 4.99 Å². The number of non-ortho nitro benzene ring substituents is 1. The lowest BCUT2D eigenvalue weighted by molar-refractivity contribution is -0.384. The smallest absolute Gasteiger partial charge is 0.338 e. The summed E-state index contributed by atoms with van der Waals surface area (Å²) >= 11 is 1.18. The molecule has 3 aromatic rings. The lowest BCUT2D eigenvalue weighted by Gasteiger charge is -2.24. The number of fused-ring (bicyclic) bond motifs is 1. The van der Waals surface area contributed by atoms with Crippen molar-refractivity contribution in [1.29, 1.82) is 0 Å². The Hall–Kier alpha value is -4.05. The topological polar surface area (TPSA) is 113 Å². The molecule has 0 saturated heterocycles. The van der Waals surface area contributed by atoms with Gasteiger partial charge in [-0.1, -0.05) is 23.5 Å². The summed E-state index contributed by atoms with van der Waals surface area (Å²) in [6.07, 6.45) is 1.65. The molecular weight excluding hydrogens is 446 g/mol. The minimum absolute atomic E-state index is 0.0357. The number of benzene rings is 2. The Labute approximate surface area is 191 Å². The van der Waals surface area contributed by atoms with Gasteiger partial charge in [-0.2, -0.15) is 0 Å². The average molecular weight is 465 g/mol. The molecule has 33 heavy (non-hydrogen) atoms. The number of carbonyl (C=O) groups excluding carboxylic acids is 1. The van der Waals surface area contributed by atoms with Gasteiger partial charge in [0.25, 0.3) is 11.2 Å². The van der Waals surface area contributed by atoms with Gasteiger partial charge in [0.2, 0.25) is 0 Å². The number of carbonyl (C=O) groups is 1. The zero-order valence-electron chi connectivity index (χ0n) is 18.0. The highest BCUT2D eigenvalue weighted by Crippen LogP contribution is 2.31. The Balaban J connectivity index is 1.90. The van der Waals surface area contributed by atoms with Crippen molar-refractivity contribution < 1.29 is 19.2 Å². The van der Waals surface area contributed by atoms with Gasteiger partial charge in [0.05, 0.1) is 41.0 Å². The van der Waals surface area contributed by atoms with Crippen LogP contribution in [0.4, 0.5) is 5.69 Å². The van der Waals surface area contributed by atoms with Crippen LogP contribution in [0.25, 0.3) is 6.08 Å². The van der Waals surface area contributed by atoms with Crippen molar-refractivity contribution in [2.24, 2.45) is 4.99 Å². The van der Waals surface area contributed by atoms with Crippen molar-refractivity contribution >= 4 is 29.1 Å². The van der Waals surface area contributed by atoms with E-state index in [-0.39, 0.29) is 16.8 Å². The number of nitro benzene ring substituents is 1. The molecule has 1 unspecified atom stereocenters. The normalized spacial score (nSPS) is 15.6. The van der Waals surface area contributed by atoms with Crippen LogP contribution in [0.2, 0.25) is 0 Å². The molecule has 0 saturated carbocycles. The first-order valence-electron chi connectivity index (χ1n) is 9.83. The van der Waals surface area contributed by atoms with Crippen molar-refractivity contribution in [3.63, 3.8) is 0 Å². The highest BCUT2D eigenvalue weighted by Gasteiger charge is 2.33. The van der Waals surface area contributed by atoms with Gasteiger partial charge in [-0.3, -0.25) is 19.5 Å². The molecule has 10 heteroatoms. The number of rotatable bonds is 5. The molecule has 1 aliphatic heterocycles. The van der Waals surface area contributed by atoms with E-state index in [0.29, 0.717) is 31.9 Å². The number of methoxy groups -OCH3 is 2. The second kappa shape index (κ2) is 8.83.